The number of rotatable bonds is 6. The molecule has 0 radical (unpaired) electrons. The standard InChI is InChI=1S/C45H37NO5/c1-28(2)39-26-45-25-36(45)24-38(39)40(27-45)42(47)46-41-23-32(8-7-31-13-20-35(21-14-31)44(49)51-4)15-22-37(41)33-16-9-29(10-17-33)5-6-30-11-18-34(19-12-30)43(48)50-3/h9-24,27-28,38-39H,25-26H2,1-4H3,(H,46,47)/t38?,39?,45-/m1/s1. The molecule has 4 aliphatic carbocycles. The third-order valence-electron chi connectivity index (χ3n) is 10.1. The smallest absolute Gasteiger partial charge is 0.337 e. The van der Waals surface area contributed by atoms with Crippen molar-refractivity contribution < 1.29 is 23.9 Å². The van der Waals surface area contributed by atoms with Crippen LogP contribution in [-0.2, 0) is 14.3 Å². The fraction of sp³-hybridized carbons (Fsp3) is 0.222. The highest BCUT2D eigenvalue weighted by molar-refractivity contribution is 6.07. The van der Waals surface area contributed by atoms with Crippen molar-refractivity contribution in [3.8, 4) is 34.8 Å². The molecule has 0 aliphatic heterocycles. The summed E-state index contributed by atoms with van der Waals surface area (Å²) in [4.78, 5) is 37.7. The van der Waals surface area contributed by atoms with E-state index >= 15 is 0 Å². The predicted octanol–water partition coefficient (Wildman–Crippen LogP) is 8.21. The van der Waals surface area contributed by atoms with Crippen LogP contribution in [0.15, 0.2) is 114 Å². The van der Waals surface area contributed by atoms with Crippen LogP contribution in [0, 0.1) is 46.9 Å². The lowest BCUT2D eigenvalue weighted by Crippen LogP contribution is -2.35. The molecule has 4 aromatic carbocycles. The number of hydrogen-bond acceptors (Lipinski definition) is 5. The molecule has 51 heavy (non-hydrogen) atoms. The highest BCUT2D eigenvalue weighted by Crippen LogP contribution is 2.67. The monoisotopic (exact) mass is 671 g/mol. The van der Waals surface area contributed by atoms with Crippen molar-refractivity contribution in [1.82, 2.24) is 0 Å². The normalized spacial score (nSPS) is 19.2. The molecule has 1 spiro atoms. The molecule has 8 rings (SSSR count). The van der Waals surface area contributed by atoms with Gasteiger partial charge in [-0.3, -0.25) is 4.79 Å². The van der Waals surface area contributed by atoms with Crippen LogP contribution in [0.3, 0.4) is 0 Å². The Morgan fingerprint density at radius 1 is 0.725 bits per heavy atom. The third kappa shape index (κ3) is 6.87. The second-order valence-electron chi connectivity index (χ2n) is 13.7. The van der Waals surface area contributed by atoms with Gasteiger partial charge in [0.2, 0.25) is 0 Å². The van der Waals surface area contributed by atoms with E-state index in [9.17, 15) is 14.4 Å². The zero-order chi connectivity index (χ0) is 35.7. The zero-order valence-corrected chi connectivity index (χ0v) is 29.0. The minimum absolute atomic E-state index is 0.0657. The van der Waals surface area contributed by atoms with Crippen molar-refractivity contribution in [2.75, 3.05) is 19.5 Å². The van der Waals surface area contributed by atoms with E-state index in [4.69, 9.17) is 9.47 Å². The van der Waals surface area contributed by atoms with Gasteiger partial charge in [-0.25, -0.2) is 9.59 Å². The second kappa shape index (κ2) is 13.7. The highest BCUT2D eigenvalue weighted by atomic mass is 16.5. The number of carbonyl (C=O) groups excluding carboxylic acids is 3. The van der Waals surface area contributed by atoms with Gasteiger partial charge < -0.3 is 14.8 Å². The number of methoxy groups -OCH3 is 2. The molecule has 0 saturated heterocycles. The summed E-state index contributed by atoms with van der Waals surface area (Å²) in [5.74, 6) is 12.9. The van der Waals surface area contributed by atoms with E-state index in [0.29, 0.717) is 28.7 Å². The SMILES string of the molecule is COC(=O)c1ccc(C#Cc2ccc(-c3ccc(C#Cc4ccc(C(=O)OC)cc4)cc3NC(=O)C3=C[C@]45CC4=CC3C(C(C)C)C5)cc2)cc1. The van der Waals surface area contributed by atoms with Gasteiger partial charge in [0.15, 0.2) is 0 Å². The molecule has 1 N–H and O–H groups in total. The first-order valence-electron chi connectivity index (χ1n) is 17.1. The molecule has 2 bridgehead atoms. The van der Waals surface area contributed by atoms with Gasteiger partial charge in [0.1, 0.15) is 0 Å². The Labute approximate surface area is 298 Å². The molecule has 1 saturated carbocycles. The van der Waals surface area contributed by atoms with E-state index in [1.165, 1.54) is 19.8 Å². The fourth-order valence-electron chi connectivity index (χ4n) is 7.20. The molecule has 0 heterocycles. The van der Waals surface area contributed by atoms with E-state index in [1.807, 2.05) is 42.5 Å². The molecule has 1 amide bonds. The number of esters is 2. The van der Waals surface area contributed by atoms with E-state index in [1.54, 1.807) is 48.5 Å². The summed E-state index contributed by atoms with van der Waals surface area (Å²) in [7, 11) is 2.71. The van der Waals surface area contributed by atoms with Crippen LogP contribution in [0.2, 0.25) is 0 Å². The number of fused-ring (bicyclic) bond motifs is 1. The maximum absolute atomic E-state index is 14.1. The Morgan fingerprint density at radius 3 is 1.75 bits per heavy atom. The molecular formula is C45H37NO5. The van der Waals surface area contributed by atoms with Crippen LogP contribution < -0.4 is 5.32 Å². The van der Waals surface area contributed by atoms with Gasteiger partial charge in [-0.1, -0.05) is 73.5 Å². The first kappa shape index (κ1) is 33.4. The third-order valence-corrected chi connectivity index (χ3v) is 10.1. The van der Waals surface area contributed by atoms with Crippen molar-refractivity contribution in [2.45, 2.75) is 26.7 Å². The molecule has 3 atom stereocenters. The first-order chi connectivity index (χ1) is 24.7. The summed E-state index contributed by atoms with van der Waals surface area (Å²) in [5, 5.41) is 3.29. The highest BCUT2D eigenvalue weighted by Gasteiger charge is 2.57. The molecule has 1 fully saturated rings. The van der Waals surface area contributed by atoms with Crippen molar-refractivity contribution in [3.05, 3.63) is 148 Å². The number of benzene rings is 4. The van der Waals surface area contributed by atoms with Crippen LogP contribution in [0.4, 0.5) is 5.69 Å². The number of carbonyl (C=O) groups is 3. The van der Waals surface area contributed by atoms with Gasteiger partial charge in [0.25, 0.3) is 5.91 Å². The lowest BCUT2D eigenvalue weighted by Gasteiger charge is -2.39. The average Bonchev–Trinajstić information content (AvgIpc) is 3.89. The van der Waals surface area contributed by atoms with Crippen LogP contribution in [-0.4, -0.2) is 32.1 Å². The fourth-order valence-corrected chi connectivity index (χ4v) is 7.20. The number of ether oxygens (including phenoxy) is 2. The Bertz CT molecular complexity index is 2240. The molecular weight excluding hydrogens is 634 g/mol. The Hall–Kier alpha value is -6.11. The molecule has 0 aromatic heterocycles. The summed E-state index contributed by atoms with van der Waals surface area (Å²) >= 11 is 0. The summed E-state index contributed by atoms with van der Waals surface area (Å²) in [5.41, 5.74) is 8.94. The van der Waals surface area contributed by atoms with Gasteiger partial charge in [0.05, 0.1) is 31.0 Å². The van der Waals surface area contributed by atoms with Gasteiger partial charge in [-0.2, -0.15) is 0 Å². The van der Waals surface area contributed by atoms with Crippen molar-refractivity contribution in [1.29, 1.82) is 0 Å². The first-order valence-corrected chi connectivity index (χ1v) is 17.1. The lowest BCUT2D eigenvalue weighted by molar-refractivity contribution is -0.113. The van der Waals surface area contributed by atoms with Crippen molar-refractivity contribution >= 4 is 23.5 Å². The maximum Gasteiger partial charge on any atom is 0.337 e. The predicted molar refractivity (Wildman–Crippen MR) is 198 cm³/mol. The van der Waals surface area contributed by atoms with Gasteiger partial charge in [0, 0.05) is 44.7 Å². The number of hydrogen-bond donors (Lipinski definition) is 1. The number of anilines is 1. The minimum Gasteiger partial charge on any atom is -0.465 e. The quantitative estimate of drug-likeness (QED) is 0.127. The second-order valence-corrected chi connectivity index (χ2v) is 13.7. The molecule has 4 aromatic rings. The van der Waals surface area contributed by atoms with Gasteiger partial charge >= 0.3 is 11.9 Å². The molecule has 6 heteroatoms. The molecule has 252 valence electrons. The molecule has 6 nitrogen and oxygen atoms in total. The van der Waals surface area contributed by atoms with Crippen molar-refractivity contribution in [2.24, 2.45) is 23.2 Å². The minimum atomic E-state index is -0.397. The van der Waals surface area contributed by atoms with Crippen LogP contribution in [0.1, 0.15) is 69.7 Å². The zero-order valence-electron chi connectivity index (χ0n) is 29.0. The number of nitrogens with one attached hydrogen (secondary N) is 1. The van der Waals surface area contributed by atoms with E-state index in [2.05, 4.69) is 55.0 Å². The largest absolute Gasteiger partial charge is 0.465 e. The number of allylic oxidation sites excluding steroid dienone is 3. The van der Waals surface area contributed by atoms with Crippen LogP contribution in [0.5, 0.6) is 0 Å². The van der Waals surface area contributed by atoms with Crippen molar-refractivity contribution in [3.63, 3.8) is 0 Å². The van der Waals surface area contributed by atoms with E-state index in [0.717, 1.165) is 51.8 Å². The average molecular weight is 672 g/mol. The van der Waals surface area contributed by atoms with Gasteiger partial charge in [-0.05, 0) is 103 Å². The summed E-state index contributed by atoms with van der Waals surface area (Å²) in [6.45, 7) is 4.51. The summed E-state index contributed by atoms with van der Waals surface area (Å²) < 4.78 is 9.57. The van der Waals surface area contributed by atoms with Crippen LogP contribution in [0.25, 0.3) is 11.1 Å². The van der Waals surface area contributed by atoms with Gasteiger partial charge in [-0.15, -0.1) is 0 Å². The topological polar surface area (TPSA) is 81.7 Å². The Morgan fingerprint density at radius 2 is 1.24 bits per heavy atom. The van der Waals surface area contributed by atoms with E-state index < -0.39 is 5.97 Å². The maximum atomic E-state index is 14.1. The summed E-state index contributed by atoms with van der Waals surface area (Å²) in [6.07, 6.45) is 6.78. The molecule has 4 aliphatic rings. The van der Waals surface area contributed by atoms with Crippen LogP contribution >= 0.6 is 0 Å². The molecule has 2 unspecified atom stereocenters. The van der Waals surface area contributed by atoms with E-state index in [-0.39, 0.29) is 23.2 Å². The summed E-state index contributed by atoms with van der Waals surface area (Å²) in [6, 6.07) is 27.7. The number of amides is 1. The Kier molecular flexibility index (Phi) is 8.94. The Balaban J connectivity index is 1.17. The lowest BCUT2D eigenvalue weighted by atomic mass is 9.65.